The molecular weight excluding hydrogens is 412 g/mol. The van der Waals surface area contributed by atoms with Crippen molar-refractivity contribution in [2.75, 3.05) is 44.7 Å². The molecule has 0 amide bonds. The molecule has 4 aromatic rings. The van der Waals surface area contributed by atoms with E-state index >= 15 is 0 Å². The highest BCUT2D eigenvalue weighted by atomic mass is 15.3. The molecule has 4 heterocycles. The first-order chi connectivity index (χ1) is 16.2. The summed E-state index contributed by atoms with van der Waals surface area (Å²) < 4.78 is 4.05. The van der Waals surface area contributed by atoms with E-state index in [0.717, 1.165) is 54.5 Å². The maximum Gasteiger partial charge on any atom is 0.149 e. The zero-order valence-corrected chi connectivity index (χ0v) is 19.0. The van der Waals surface area contributed by atoms with E-state index in [1.807, 2.05) is 33.7 Å². The highest BCUT2D eigenvalue weighted by Crippen LogP contribution is 2.39. The molecule has 0 bridgehead atoms. The van der Waals surface area contributed by atoms with Gasteiger partial charge < -0.3 is 15.5 Å². The van der Waals surface area contributed by atoms with Gasteiger partial charge in [0, 0.05) is 68.6 Å². The molecule has 1 aliphatic carbocycles. The third kappa shape index (κ3) is 3.89. The minimum absolute atomic E-state index is 0.266. The zero-order valence-electron chi connectivity index (χ0n) is 19.0. The van der Waals surface area contributed by atoms with E-state index in [9.17, 15) is 0 Å². The summed E-state index contributed by atoms with van der Waals surface area (Å²) in [5.41, 5.74) is 11.2. The van der Waals surface area contributed by atoms with Crippen molar-refractivity contribution < 1.29 is 0 Å². The minimum Gasteiger partial charge on any atom is -0.369 e. The number of anilines is 1. The molecule has 8 heteroatoms. The first-order valence-corrected chi connectivity index (χ1v) is 11.8. The van der Waals surface area contributed by atoms with E-state index in [4.69, 9.17) is 10.7 Å². The Morgan fingerprint density at radius 2 is 1.85 bits per heavy atom. The van der Waals surface area contributed by atoms with Crippen LogP contribution in [-0.4, -0.2) is 68.8 Å². The molecule has 1 atom stereocenters. The fraction of sp³-hybridized carbons (Fsp3) is 0.400. The summed E-state index contributed by atoms with van der Waals surface area (Å²) in [6, 6.07) is 11.1. The van der Waals surface area contributed by atoms with Crippen LogP contribution in [-0.2, 0) is 0 Å². The first-order valence-electron chi connectivity index (χ1n) is 11.8. The number of likely N-dealkylation sites (N-methyl/N-ethyl adjacent to an activating group) is 1. The molecule has 33 heavy (non-hydrogen) atoms. The third-order valence-electron chi connectivity index (χ3n) is 7.03. The minimum atomic E-state index is 0.266. The zero-order chi connectivity index (χ0) is 22.4. The fourth-order valence-corrected chi connectivity index (χ4v) is 4.81. The van der Waals surface area contributed by atoms with Crippen molar-refractivity contribution in [1.29, 1.82) is 0 Å². The highest BCUT2D eigenvalue weighted by Gasteiger charge is 2.32. The van der Waals surface area contributed by atoms with Gasteiger partial charge >= 0.3 is 0 Å². The number of nitrogens with two attached hydrogens (primary N) is 1. The van der Waals surface area contributed by atoms with Crippen molar-refractivity contribution in [2.45, 2.75) is 18.9 Å². The number of nitrogens with zero attached hydrogens (tertiary/aromatic N) is 7. The Labute approximate surface area is 193 Å². The third-order valence-corrected chi connectivity index (χ3v) is 7.03. The van der Waals surface area contributed by atoms with Gasteiger partial charge in [-0.15, -0.1) is 0 Å². The number of hydrogen-bond donors (Lipinski definition) is 1. The summed E-state index contributed by atoms with van der Waals surface area (Å²) in [6.07, 6.45) is 10.2. The molecule has 170 valence electrons. The molecular formula is C25H30N8. The van der Waals surface area contributed by atoms with Crippen molar-refractivity contribution in [3.63, 3.8) is 0 Å². The summed E-state index contributed by atoms with van der Waals surface area (Å²) >= 11 is 0. The van der Waals surface area contributed by atoms with Crippen LogP contribution < -0.4 is 10.6 Å². The van der Waals surface area contributed by atoms with Crippen molar-refractivity contribution >= 4 is 11.3 Å². The summed E-state index contributed by atoms with van der Waals surface area (Å²) in [4.78, 5) is 14.4. The number of rotatable bonds is 6. The van der Waals surface area contributed by atoms with E-state index < -0.39 is 0 Å². The molecule has 2 aliphatic rings. The van der Waals surface area contributed by atoms with Gasteiger partial charge in [-0.25, -0.2) is 9.97 Å². The van der Waals surface area contributed by atoms with Crippen LogP contribution in [0.3, 0.4) is 0 Å². The predicted octanol–water partition coefficient (Wildman–Crippen LogP) is 2.92. The lowest BCUT2D eigenvalue weighted by Crippen LogP contribution is -2.44. The number of aromatic nitrogens is 5. The number of imidazole rings is 1. The Bertz CT molecular complexity index is 1250. The fourth-order valence-electron chi connectivity index (χ4n) is 4.81. The SMILES string of the molecule is CN1CCN(c2ccc(-c3cc4nccn4c(-c4cnn(C(CN)C5CC5)c4)n3)cc2)CC1. The Balaban J connectivity index is 1.33. The molecule has 0 spiro atoms. The summed E-state index contributed by atoms with van der Waals surface area (Å²) in [5, 5.41) is 4.64. The molecule has 3 aromatic heterocycles. The Morgan fingerprint density at radius 3 is 2.58 bits per heavy atom. The number of fused-ring (bicyclic) bond motifs is 1. The van der Waals surface area contributed by atoms with Crippen LogP contribution >= 0.6 is 0 Å². The van der Waals surface area contributed by atoms with Gasteiger partial charge in [-0.2, -0.15) is 5.10 Å². The Hall–Kier alpha value is -3.23. The second-order valence-corrected chi connectivity index (χ2v) is 9.31. The molecule has 1 saturated carbocycles. The second kappa shape index (κ2) is 8.28. The van der Waals surface area contributed by atoms with Crippen LogP contribution in [0.5, 0.6) is 0 Å². The van der Waals surface area contributed by atoms with Gasteiger partial charge in [-0.05, 0) is 37.9 Å². The van der Waals surface area contributed by atoms with Gasteiger partial charge in [0.25, 0.3) is 0 Å². The van der Waals surface area contributed by atoms with Gasteiger partial charge in [-0.1, -0.05) is 12.1 Å². The number of benzene rings is 1. The van der Waals surface area contributed by atoms with Gasteiger partial charge in [0.1, 0.15) is 11.5 Å². The van der Waals surface area contributed by atoms with Crippen molar-refractivity contribution in [3.05, 3.63) is 55.1 Å². The van der Waals surface area contributed by atoms with Gasteiger partial charge in [0.2, 0.25) is 0 Å². The Morgan fingerprint density at radius 1 is 1.06 bits per heavy atom. The number of hydrogen-bond acceptors (Lipinski definition) is 6. The maximum absolute atomic E-state index is 6.04. The van der Waals surface area contributed by atoms with Crippen molar-refractivity contribution in [1.82, 2.24) is 29.0 Å². The largest absolute Gasteiger partial charge is 0.369 e. The second-order valence-electron chi connectivity index (χ2n) is 9.31. The standard InChI is InChI=1S/C25H30N8/c1-30-10-12-31(13-11-30)21-6-4-18(5-7-21)22-14-24-27-8-9-32(24)25(29-22)20-16-28-33(17-20)23(15-26)19-2-3-19/h4-9,14,16-17,19,23H,2-3,10-13,15,26H2,1H3. The predicted molar refractivity (Wildman–Crippen MR) is 130 cm³/mol. The normalized spacial score (nSPS) is 18.2. The molecule has 8 nitrogen and oxygen atoms in total. The van der Waals surface area contributed by atoms with Gasteiger partial charge in [0.05, 0.1) is 23.5 Å². The van der Waals surface area contributed by atoms with Gasteiger partial charge in [0.15, 0.2) is 0 Å². The summed E-state index contributed by atoms with van der Waals surface area (Å²) in [5.74, 6) is 1.50. The van der Waals surface area contributed by atoms with Crippen molar-refractivity contribution in [3.8, 4) is 22.6 Å². The number of piperazine rings is 1. The highest BCUT2D eigenvalue weighted by molar-refractivity contribution is 5.70. The average Bonchev–Trinajstić information content (AvgIpc) is 3.36. The van der Waals surface area contributed by atoms with Gasteiger partial charge in [-0.3, -0.25) is 9.08 Å². The molecule has 2 N–H and O–H groups in total. The quantitative estimate of drug-likeness (QED) is 0.495. The molecule has 1 saturated heterocycles. The molecule has 1 unspecified atom stereocenters. The maximum atomic E-state index is 6.04. The lowest BCUT2D eigenvalue weighted by molar-refractivity contribution is 0.313. The molecule has 6 rings (SSSR count). The van der Waals surface area contributed by atoms with E-state index in [2.05, 4.69) is 57.4 Å². The molecule has 2 fully saturated rings. The lowest BCUT2D eigenvalue weighted by Gasteiger charge is -2.34. The molecule has 1 aromatic carbocycles. The Kier molecular flexibility index (Phi) is 5.11. The summed E-state index contributed by atoms with van der Waals surface area (Å²) in [7, 11) is 2.18. The average molecular weight is 443 g/mol. The van der Waals surface area contributed by atoms with Crippen LogP contribution in [0.1, 0.15) is 18.9 Å². The van der Waals surface area contributed by atoms with Crippen LogP contribution in [0.25, 0.3) is 28.3 Å². The molecule has 0 radical (unpaired) electrons. The topological polar surface area (TPSA) is 80.5 Å². The lowest BCUT2D eigenvalue weighted by atomic mass is 10.1. The van der Waals surface area contributed by atoms with Crippen LogP contribution in [0.2, 0.25) is 0 Å². The van der Waals surface area contributed by atoms with E-state index in [1.54, 1.807) is 0 Å². The van der Waals surface area contributed by atoms with E-state index in [0.29, 0.717) is 12.5 Å². The smallest absolute Gasteiger partial charge is 0.149 e. The monoisotopic (exact) mass is 442 g/mol. The molecule has 1 aliphatic heterocycles. The van der Waals surface area contributed by atoms with Crippen LogP contribution in [0.4, 0.5) is 5.69 Å². The van der Waals surface area contributed by atoms with Crippen LogP contribution in [0, 0.1) is 5.92 Å². The van der Waals surface area contributed by atoms with E-state index in [1.165, 1.54) is 18.5 Å². The van der Waals surface area contributed by atoms with Crippen LogP contribution in [0.15, 0.2) is 55.1 Å². The van der Waals surface area contributed by atoms with E-state index in [-0.39, 0.29) is 6.04 Å². The summed E-state index contributed by atoms with van der Waals surface area (Å²) in [6.45, 7) is 4.94. The van der Waals surface area contributed by atoms with Crippen molar-refractivity contribution in [2.24, 2.45) is 11.7 Å². The first kappa shape index (κ1) is 20.4.